The lowest BCUT2D eigenvalue weighted by Crippen LogP contribution is -2.32. The van der Waals surface area contributed by atoms with Gasteiger partial charge in [0.05, 0.1) is 17.8 Å². The summed E-state index contributed by atoms with van der Waals surface area (Å²) in [6.45, 7) is 3.86. The van der Waals surface area contributed by atoms with Gasteiger partial charge in [-0.2, -0.15) is 8.78 Å². The summed E-state index contributed by atoms with van der Waals surface area (Å²) < 4.78 is 60.2. The van der Waals surface area contributed by atoms with E-state index in [1.54, 1.807) is 6.07 Å². The van der Waals surface area contributed by atoms with Crippen molar-refractivity contribution >= 4 is 28.9 Å². The number of hydrogen-bond acceptors (Lipinski definition) is 3. The molecule has 1 amide bonds. The largest absolute Gasteiger partial charge is 0.491 e. The summed E-state index contributed by atoms with van der Waals surface area (Å²) in [5, 5.41) is 2.55. The quantitative estimate of drug-likeness (QED) is 0.522. The Balaban J connectivity index is 1.84. The Kier molecular flexibility index (Phi) is 6.21. The van der Waals surface area contributed by atoms with E-state index in [0.29, 0.717) is 10.9 Å². The zero-order valence-electron chi connectivity index (χ0n) is 15.8. The number of carbonyl (C=O) groups is 1. The fourth-order valence-electron chi connectivity index (χ4n) is 3.27. The number of ether oxygens (including phenoxy) is 1. The summed E-state index contributed by atoms with van der Waals surface area (Å²) in [6, 6.07) is 4.60. The summed E-state index contributed by atoms with van der Waals surface area (Å²) in [6.07, 6.45) is 2.06. The van der Waals surface area contributed by atoms with Crippen LogP contribution < -0.4 is 15.0 Å². The van der Waals surface area contributed by atoms with Crippen LogP contribution in [-0.2, 0) is 0 Å². The zero-order chi connectivity index (χ0) is 21.3. The van der Waals surface area contributed by atoms with Crippen molar-refractivity contribution in [2.24, 2.45) is 5.92 Å². The van der Waals surface area contributed by atoms with E-state index in [9.17, 15) is 22.4 Å². The number of amides is 1. The van der Waals surface area contributed by atoms with E-state index in [0.717, 1.165) is 38.7 Å². The molecule has 1 aliphatic heterocycles. The Morgan fingerprint density at radius 3 is 2.21 bits per heavy atom. The van der Waals surface area contributed by atoms with Crippen LogP contribution in [0.1, 0.15) is 30.1 Å². The van der Waals surface area contributed by atoms with Gasteiger partial charge in [0, 0.05) is 18.8 Å². The van der Waals surface area contributed by atoms with Gasteiger partial charge in [-0.1, -0.05) is 18.5 Å². The van der Waals surface area contributed by atoms with Gasteiger partial charge in [-0.3, -0.25) is 4.79 Å². The van der Waals surface area contributed by atoms with Crippen molar-refractivity contribution in [1.82, 2.24) is 0 Å². The molecule has 0 bridgehead atoms. The average Bonchev–Trinajstić information content (AvgIpc) is 2.68. The third kappa shape index (κ3) is 4.12. The minimum atomic E-state index is -1.84. The molecule has 0 unspecified atom stereocenters. The molecule has 4 nitrogen and oxygen atoms in total. The van der Waals surface area contributed by atoms with Gasteiger partial charge >= 0.3 is 0 Å². The lowest BCUT2D eigenvalue weighted by molar-refractivity contribution is 0.101. The first-order chi connectivity index (χ1) is 13.7. The summed E-state index contributed by atoms with van der Waals surface area (Å²) in [5.41, 5.74) is -0.481. The minimum absolute atomic E-state index is 0.129. The lowest BCUT2D eigenvalue weighted by Gasteiger charge is -2.32. The van der Waals surface area contributed by atoms with Crippen molar-refractivity contribution in [3.8, 4) is 5.75 Å². The number of methoxy groups -OCH3 is 1. The van der Waals surface area contributed by atoms with Gasteiger partial charge in [-0.25, -0.2) is 8.78 Å². The first-order valence-electron chi connectivity index (χ1n) is 9.00. The fourth-order valence-corrected chi connectivity index (χ4v) is 3.57. The van der Waals surface area contributed by atoms with E-state index in [-0.39, 0.29) is 5.69 Å². The number of halogens is 5. The Bertz CT molecular complexity index is 918. The molecule has 1 aliphatic rings. The van der Waals surface area contributed by atoms with E-state index in [1.807, 2.05) is 0 Å². The van der Waals surface area contributed by atoms with E-state index in [2.05, 4.69) is 21.9 Å². The Morgan fingerprint density at radius 2 is 1.69 bits per heavy atom. The fraction of sp³-hybridized carbons (Fsp3) is 0.350. The second-order valence-corrected chi connectivity index (χ2v) is 7.36. The molecule has 1 fully saturated rings. The topological polar surface area (TPSA) is 41.6 Å². The van der Waals surface area contributed by atoms with Gasteiger partial charge in [-0.15, -0.1) is 0 Å². The van der Waals surface area contributed by atoms with Crippen LogP contribution in [-0.4, -0.2) is 26.1 Å². The molecule has 0 radical (unpaired) electrons. The third-order valence-electron chi connectivity index (χ3n) is 4.98. The number of nitrogens with one attached hydrogen (secondary N) is 1. The van der Waals surface area contributed by atoms with Crippen LogP contribution in [0.25, 0.3) is 0 Å². The van der Waals surface area contributed by atoms with Crippen molar-refractivity contribution in [3.05, 3.63) is 52.1 Å². The number of anilines is 2. The second kappa shape index (κ2) is 8.49. The van der Waals surface area contributed by atoms with Gasteiger partial charge < -0.3 is 15.0 Å². The molecule has 2 aromatic carbocycles. The van der Waals surface area contributed by atoms with Crippen molar-refractivity contribution in [1.29, 1.82) is 0 Å². The molecule has 1 saturated heterocycles. The summed E-state index contributed by atoms with van der Waals surface area (Å²) in [5.74, 6) is -9.21. The van der Waals surface area contributed by atoms with Crippen LogP contribution in [0, 0.1) is 29.2 Å². The monoisotopic (exact) mass is 430 g/mol. The minimum Gasteiger partial charge on any atom is -0.491 e. The predicted molar refractivity (Wildman–Crippen MR) is 103 cm³/mol. The summed E-state index contributed by atoms with van der Waals surface area (Å²) in [4.78, 5) is 14.4. The maximum Gasteiger partial charge on any atom is 0.261 e. The molecule has 0 spiro atoms. The number of rotatable bonds is 4. The number of carbonyl (C=O) groups excluding carboxylic acids is 1. The van der Waals surface area contributed by atoms with Crippen molar-refractivity contribution < 1.29 is 27.1 Å². The van der Waals surface area contributed by atoms with Crippen molar-refractivity contribution in [2.75, 3.05) is 30.4 Å². The third-order valence-corrected chi connectivity index (χ3v) is 5.29. The lowest BCUT2D eigenvalue weighted by atomic mass is 9.99. The zero-order valence-corrected chi connectivity index (χ0v) is 16.5. The molecule has 0 aliphatic carbocycles. The Morgan fingerprint density at radius 1 is 1.10 bits per heavy atom. The predicted octanol–water partition coefficient (Wildman–Crippen LogP) is 5.39. The highest BCUT2D eigenvalue weighted by Crippen LogP contribution is 2.33. The Hall–Kier alpha value is -2.48. The molecule has 1 N–H and O–H groups in total. The molecular weight excluding hydrogens is 412 g/mol. The highest BCUT2D eigenvalue weighted by Gasteiger charge is 2.30. The van der Waals surface area contributed by atoms with Gasteiger partial charge in [0.15, 0.2) is 17.4 Å². The van der Waals surface area contributed by atoms with E-state index in [1.165, 1.54) is 12.1 Å². The van der Waals surface area contributed by atoms with Crippen molar-refractivity contribution in [3.63, 3.8) is 0 Å². The van der Waals surface area contributed by atoms with Crippen LogP contribution >= 0.6 is 11.6 Å². The average molecular weight is 431 g/mol. The van der Waals surface area contributed by atoms with Crippen LogP contribution in [0.4, 0.5) is 28.9 Å². The molecule has 0 aromatic heterocycles. The standard InChI is InChI=1S/C20H19ClF4N2O2/c1-10-5-7-27(8-6-10)13-4-3-11(9-12(13)21)26-20(28)14-15(22)17(24)19(29-2)18(25)16(14)23/h3-4,9-10H,5-8H2,1-2H3,(H,26,28). The first kappa shape index (κ1) is 21.2. The number of benzene rings is 2. The molecule has 29 heavy (non-hydrogen) atoms. The maximum absolute atomic E-state index is 14.1. The van der Waals surface area contributed by atoms with Crippen LogP contribution in [0.3, 0.4) is 0 Å². The van der Waals surface area contributed by atoms with Gasteiger partial charge in [-0.05, 0) is 37.0 Å². The second-order valence-electron chi connectivity index (χ2n) is 6.95. The normalized spacial score (nSPS) is 14.8. The molecule has 0 atom stereocenters. The van der Waals surface area contributed by atoms with E-state index < -0.39 is 40.5 Å². The number of hydrogen-bond donors (Lipinski definition) is 1. The maximum atomic E-state index is 14.1. The molecule has 2 aromatic rings. The molecule has 9 heteroatoms. The molecule has 3 rings (SSSR count). The highest BCUT2D eigenvalue weighted by molar-refractivity contribution is 6.33. The van der Waals surface area contributed by atoms with E-state index >= 15 is 0 Å². The number of piperidine rings is 1. The molecule has 1 heterocycles. The SMILES string of the molecule is COc1c(F)c(F)c(C(=O)Nc2ccc(N3CCC(C)CC3)c(Cl)c2)c(F)c1F. The highest BCUT2D eigenvalue weighted by atomic mass is 35.5. The van der Waals surface area contributed by atoms with Crippen LogP contribution in [0.15, 0.2) is 18.2 Å². The van der Waals surface area contributed by atoms with Gasteiger partial charge in [0.2, 0.25) is 11.6 Å². The number of nitrogens with zero attached hydrogens (tertiary/aromatic N) is 1. The Labute approximate surface area is 170 Å². The molecular formula is C20H19ClF4N2O2. The molecule has 156 valence electrons. The van der Waals surface area contributed by atoms with Gasteiger partial charge in [0.1, 0.15) is 5.56 Å². The van der Waals surface area contributed by atoms with Gasteiger partial charge in [0.25, 0.3) is 5.91 Å². The summed E-state index contributed by atoms with van der Waals surface area (Å²) >= 11 is 6.30. The smallest absolute Gasteiger partial charge is 0.261 e. The molecule has 0 saturated carbocycles. The van der Waals surface area contributed by atoms with Crippen LogP contribution in [0.5, 0.6) is 5.75 Å². The first-order valence-corrected chi connectivity index (χ1v) is 9.38. The van der Waals surface area contributed by atoms with Crippen LogP contribution in [0.2, 0.25) is 5.02 Å². The van der Waals surface area contributed by atoms with Crippen molar-refractivity contribution in [2.45, 2.75) is 19.8 Å². The van der Waals surface area contributed by atoms with E-state index in [4.69, 9.17) is 11.6 Å². The summed E-state index contributed by atoms with van der Waals surface area (Å²) in [7, 11) is 0.854.